The highest BCUT2D eigenvalue weighted by Gasteiger charge is 2.18. The predicted octanol–water partition coefficient (Wildman–Crippen LogP) is 6.80. The van der Waals surface area contributed by atoms with E-state index in [2.05, 4.69) is 15.9 Å². The summed E-state index contributed by atoms with van der Waals surface area (Å²) in [6.45, 7) is 0. The van der Waals surface area contributed by atoms with Crippen molar-refractivity contribution in [2.24, 2.45) is 0 Å². The maximum absolute atomic E-state index is 6.38. The minimum atomic E-state index is -0.325. The van der Waals surface area contributed by atoms with Crippen LogP contribution in [0.4, 0.5) is 0 Å². The molecule has 2 rings (SSSR count). The number of benzene rings is 1. The van der Waals surface area contributed by atoms with E-state index in [1.165, 1.54) is 11.3 Å². The van der Waals surface area contributed by atoms with E-state index >= 15 is 0 Å². The Kier molecular flexibility index (Phi) is 4.67. The van der Waals surface area contributed by atoms with Crippen LogP contribution >= 0.6 is 73.7 Å². The normalized spacial score (nSPS) is 12.8. The van der Waals surface area contributed by atoms with Crippen LogP contribution in [-0.2, 0) is 0 Å². The van der Waals surface area contributed by atoms with Crippen LogP contribution in [0.5, 0.6) is 0 Å². The van der Waals surface area contributed by atoms with E-state index in [0.29, 0.717) is 14.4 Å². The van der Waals surface area contributed by atoms with Crippen molar-refractivity contribution in [3.63, 3.8) is 0 Å². The molecule has 0 radical (unpaired) electrons. The Morgan fingerprint density at radius 3 is 2.35 bits per heavy atom. The standard InChI is InChI=1S/C11H5BrCl4S/c12-7-4-9(17-11(7)16)10(15)6-2-1-5(13)3-8(6)14/h1-4,10H. The maximum Gasteiger partial charge on any atom is 0.107 e. The molecule has 0 saturated heterocycles. The third-order valence-corrected chi connectivity index (χ3v) is 5.85. The molecule has 17 heavy (non-hydrogen) atoms. The number of hydrogen-bond acceptors (Lipinski definition) is 1. The van der Waals surface area contributed by atoms with Gasteiger partial charge in [0, 0.05) is 19.4 Å². The Bertz CT molecular complexity index is 533. The van der Waals surface area contributed by atoms with Crippen molar-refractivity contribution in [1.82, 2.24) is 0 Å². The van der Waals surface area contributed by atoms with Gasteiger partial charge in [-0.25, -0.2) is 0 Å². The molecule has 0 aliphatic carbocycles. The van der Waals surface area contributed by atoms with Gasteiger partial charge >= 0.3 is 0 Å². The lowest BCUT2D eigenvalue weighted by Gasteiger charge is -2.09. The summed E-state index contributed by atoms with van der Waals surface area (Å²) in [5, 5.41) is 0.819. The lowest BCUT2D eigenvalue weighted by molar-refractivity contribution is 1.18. The summed E-state index contributed by atoms with van der Waals surface area (Å²) in [4.78, 5) is 0.938. The van der Waals surface area contributed by atoms with Crippen LogP contribution in [0.25, 0.3) is 0 Å². The summed E-state index contributed by atoms with van der Waals surface area (Å²) in [6.07, 6.45) is 0. The first kappa shape index (κ1) is 14.0. The molecule has 2 aromatic rings. The van der Waals surface area contributed by atoms with Gasteiger partial charge < -0.3 is 0 Å². The molecule has 0 amide bonds. The summed E-state index contributed by atoms with van der Waals surface area (Å²) < 4.78 is 1.52. The average molecular weight is 391 g/mol. The predicted molar refractivity (Wildman–Crippen MR) is 81.2 cm³/mol. The number of halogens is 5. The summed E-state index contributed by atoms with van der Waals surface area (Å²) in [7, 11) is 0. The first-order valence-electron chi connectivity index (χ1n) is 4.53. The molecule has 0 saturated carbocycles. The molecule has 90 valence electrons. The van der Waals surface area contributed by atoms with Crippen LogP contribution in [0, 0.1) is 0 Å². The maximum atomic E-state index is 6.38. The van der Waals surface area contributed by atoms with Crippen molar-refractivity contribution >= 4 is 73.7 Å². The van der Waals surface area contributed by atoms with Gasteiger partial charge in [-0.2, -0.15) is 0 Å². The van der Waals surface area contributed by atoms with Gasteiger partial charge in [0.2, 0.25) is 0 Å². The highest BCUT2D eigenvalue weighted by atomic mass is 79.9. The number of hydrogen-bond donors (Lipinski definition) is 0. The zero-order valence-corrected chi connectivity index (χ0v) is 13.6. The SMILES string of the molecule is Clc1ccc(C(Cl)c2cc(Br)c(Cl)s2)c(Cl)c1. The summed E-state index contributed by atoms with van der Waals surface area (Å²) >= 11 is 29.1. The van der Waals surface area contributed by atoms with E-state index < -0.39 is 0 Å². The fraction of sp³-hybridized carbons (Fsp3) is 0.0909. The molecule has 0 nitrogen and oxygen atoms in total. The van der Waals surface area contributed by atoms with E-state index in [4.69, 9.17) is 46.4 Å². The topological polar surface area (TPSA) is 0 Å². The highest BCUT2D eigenvalue weighted by Crippen LogP contribution is 2.42. The Morgan fingerprint density at radius 2 is 1.82 bits per heavy atom. The van der Waals surface area contributed by atoms with Crippen LogP contribution in [0.1, 0.15) is 15.8 Å². The smallest absolute Gasteiger partial charge is 0.107 e. The second-order valence-corrected chi connectivity index (χ2v) is 7.12. The molecule has 0 aliphatic heterocycles. The van der Waals surface area contributed by atoms with E-state index in [-0.39, 0.29) is 5.38 Å². The fourth-order valence-corrected chi connectivity index (χ4v) is 4.04. The first-order chi connectivity index (χ1) is 7.99. The molecule has 0 aliphatic rings. The lowest BCUT2D eigenvalue weighted by Crippen LogP contribution is -1.91. The van der Waals surface area contributed by atoms with Gasteiger partial charge in [-0.3, -0.25) is 0 Å². The summed E-state index contributed by atoms with van der Waals surface area (Å²) in [5.41, 5.74) is 0.822. The molecule has 1 aromatic carbocycles. The zero-order valence-electron chi connectivity index (χ0n) is 8.18. The van der Waals surface area contributed by atoms with Crippen molar-refractivity contribution in [2.45, 2.75) is 5.38 Å². The quantitative estimate of drug-likeness (QED) is 0.494. The first-order valence-corrected chi connectivity index (χ1v) is 7.70. The molecule has 1 unspecified atom stereocenters. The van der Waals surface area contributed by atoms with Gasteiger partial charge in [-0.1, -0.05) is 40.9 Å². The minimum absolute atomic E-state index is 0.325. The Morgan fingerprint density at radius 1 is 1.12 bits per heavy atom. The van der Waals surface area contributed by atoms with E-state index in [9.17, 15) is 0 Å². The van der Waals surface area contributed by atoms with Gasteiger partial charge in [-0.15, -0.1) is 22.9 Å². The van der Waals surface area contributed by atoms with Crippen molar-refractivity contribution in [3.8, 4) is 0 Å². The Balaban J connectivity index is 2.39. The molecule has 1 aromatic heterocycles. The average Bonchev–Trinajstić information content (AvgIpc) is 2.58. The molecule has 6 heteroatoms. The van der Waals surface area contributed by atoms with Gasteiger partial charge in [0.1, 0.15) is 4.34 Å². The van der Waals surface area contributed by atoms with Gasteiger partial charge in [0.15, 0.2) is 0 Å². The third kappa shape index (κ3) is 3.12. The fourth-order valence-electron chi connectivity index (χ4n) is 1.35. The zero-order chi connectivity index (χ0) is 12.6. The van der Waals surface area contributed by atoms with Crippen molar-refractivity contribution in [1.29, 1.82) is 0 Å². The molecule has 0 bridgehead atoms. The molecule has 0 N–H and O–H groups in total. The van der Waals surface area contributed by atoms with Crippen LogP contribution < -0.4 is 0 Å². The molecular formula is C11H5BrCl4S. The lowest BCUT2D eigenvalue weighted by atomic mass is 10.1. The summed E-state index contributed by atoms with van der Waals surface area (Å²) in [6, 6.07) is 7.17. The molecule has 0 spiro atoms. The monoisotopic (exact) mass is 388 g/mol. The van der Waals surface area contributed by atoms with Gasteiger partial charge in [0.25, 0.3) is 0 Å². The second kappa shape index (κ2) is 5.68. The van der Waals surface area contributed by atoms with Crippen LogP contribution in [0.2, 0.25) is 14.4 Å². The van der Waals surface area contributed by atoms with Crippen molar-refractivity contribution in [2.75, 3.05) is 0 Å². The van der Waals surface area contributed by atoms with E-state index in [1.807, 2.05) is 12.1 Å². The second-order valence-electron chi connectivity index (χ2n) is 3.30. The Labute approximate surface area is 132 Å². The minimum Gasteiger partial charge on any atom is -0.125 e. The van der Waals surface area contributed by atoms with Crippen LogP contribution in [0.15, 0.2) is 28.7 Å². The van der Waals surface area contributed by atoms with Gasteiger partial charge in [0.05, 0.1) is 5.38 Å². The molecular weight excluding hydrogens is 386 g/mol. The number of thiophene rings is 1. The molecule has 1 atom stereocenters. The third-order valence-electron chi connectivity index (χ3n) is 2.15. The van der Waals surface area contributed by atoms with Crippen molar-refractivity contribution < 1.29 is 0 Å². The molecule has 1 heterocycles. The number of rotatable bonds is 2. The Hall–Kier alpha value is 0.560. The number of alkyl halides is 1. The van der Waals surface area contributed by atoms with Crippen molar-refractivity contribution in [3.05, 3.63) is 53.6 Å². The van der Waals surface area contributed by atoms with Crippen LogP contribution in [0.3, 0.4) is 0 Å². The van der Waals surface area contributed by atoms with Gasteiger partial charge in [-0.05, 0) is 39.7 Å². The van der Waals surface area contributed by atoms with Crippen LogP contribution in [-0.4, -0.2) is 0 Å². The van der Waals surface area contributed by atoms with E-state index in [1.54, 1.807) is 12.1 Å². The summed E-state index contributed by atoms with van der Waals surface area (Å²) in [5.74, 6) is 0. The highest BCUT2D eigenvalue weighted by molar-refractivity contribution is 9.10. The van der Waals surface area contributed by atoms with E-state index in [0.717, 1.165) is 14.9 Å². The molecule has 0 fully saturated rings. The largest absolute Gasteiger partial charge is 0.125 e.